The molecule has 0 unspecified atom stereocenters. The van der Waals surface area contributed by atoms with Gasteiger partial charge in [-0.2, -0.15) is 32.2 Å². The second-order valence-corrected chi connectivity index (χ2v) is 8.11. The number of aromatic nitrogens is 2. The number of hydrogen-bond donors (Lipinski definition) is 3. The monoisotopic (exact) mass is 525 g/mol. The van der Waals surface area contributed by atoms with Crippen LogP contribution in [0.1, 0.15) is 50.5 Å². The summed E-state index contributed by atoms with van der Waals surface area (Å²) in [6.45, 7) is 0. The molecule has 194 valence electrons. The van der Waals surface area contributed by atoms with E-state index in [1.165, 1.54) is 42.6 Å². The van der Waals surface area contributed by atoms with E-state index in [0.29, 0.717) is 10.2 Å². The third-order valence-electron chi connectivity index (χ3n) is 5.65. The van der Waals surface area contributed by atoms with Gasteiger partial charge in [0.1, 0.15) is 17.7 Å². The minimum absolute atomic E-state index is 0.0291. The zero-order chi connectivity index (χ0) is 27.0. The molecule has 3 aromatic rings. The molecule has 1 aliphatic rings. The van der Waals surface area contributed by atoms with Gasteiger partial charge >= 0.3 is 18.1 Å². The topological polar surface area (TPSA) is 109 Å². The predicted octanol–water partition coefficient (Wildman–Crippen LogP) is 4.78. The Morgan fingerprint density at radius 1 is 1.08 bits per heavy atom. The molecule has 37 heavy (non-hydrogen) atoms. The lowest BCUT2D eigenvalue weighted by Crippen LogP contribution is -2.47. The summed E-state index contributed by atoms with van der Waals surface area (Å²) in [6.07, 6.45) is -5.48. The number of amides is 1. The number of benzene rings is 2. The molecule has 14 heteroatoms. The number of rotatable bonds is 6. The minimum atomic E-state index is -5.89. The zero-order valence-electron chi connectivity index (χ0n) is 18.5. The number of hydrogen-bond acceptors (Lipinski definition) is 5. The van der Waals surface area contributed by atoms with Crippen LogP contribution in [0.3, 0.4) is 0 Å². The van der Waals surface area contributed by atoms with Gasteiger partial charge in [0.25, 0.3) is 5.91 Å². The SMILES string of the molecule is O=C(O)c1ccc(/C=N\NC(=O)c2cc3n(n2)[C@H](C(F)(F)C(F)(F)F)C[C@H](c2ccc(F)cc2)N3)cc1. The fraction of sp³-hybridized carbons (Fsp3) is 0.217. The van der Waals surface area contributed by atoms with Crippen molar-refractivity contribution < 1.29 is 41.0 Å². The van der Waals surface area contributed by atoms with Crippen molar-refractivity contribution in [3.63, 3.8) is 0 Å². The number of carboxylic acid groups (broad SMARTS) is 1. The Kier molecular flexibility index (Phi) is 6.67. The number of anilines is 1. The highest BCUT2D eigenvalue weighted by atomic mass is 19.4. The average molecular weight is 525 g/mol. The van der Waals surface area contributed by atoms with E-state index in [4.69, 9.17) is 5.11 Å². The number of carboxylic acids is 1. The van der Waals surface area contributed by atoms with Crippen molar-refractivity contribution in [1.29, 1.82) is 0 Å². The molecule has 0 fully saturated rings. The van der Waals surface area contributed by atoms with E-state index in [-0.39, 0.29) is 16.9 Å². The summed E-state index contributed by atoms with van der Waals surface area (Å²) in [7, 11) is 0. The van der Waals surface area contributed by atoms with Crippen molar-refractivity contribution in [2.24, 2.45) is 5.10 Å². The van der Waals surface area contributed by atoms with E-state index in [0.717, 1.165) is 18.2 Å². The predicted molar refractivity (Wildman–Crippen MR) is 118 cm³/mol. The average Bonchev–Trinajstić information content (AvgIpc) is 3.28. The van der Waals surface area contributed by atoms with E-state index in [1.54, 1.807) is 0 Å². The second-order valence-electron chi connectivity index (χ2n) is 8.11. The first kappa shape index (κ1) is 25.7. The van der Waals surface area contributed by atoms with Gasteiger partial charge in [0.2, 0.25) is 0 Å². The van der Waals surface area contributed by atoms with E-state index in [9.17, 15) is 35.9 Å². The molecular formula is C23H17F6N5O3. The maximum atomic E-state index is 14.5. The largest absolute Gasteiger partial charge is 0.478 e. The van der Waals surface area contributed by atoms with Crippen molar-refractivity contribution in [2.75, 3.05) is 5.32 Å². The molecule has 2 atom stereocenters. The smallest absolute Gasteiger partial charge is 0.455 e. The molecule has 4 rings (SSSR count). The standard InChI is InChI=1S/C23H17F6N5O3/c24-15-7-5-13(6-8-15)16-9-18(22(25,26)23(27,28)29)34-19(31-16)10-17(33-34)20(35)32-30-11-12-1-3-14(4-2-12)21(36)37/h1-8,10-11,16,18,31H,9H2,(H,32,35)(H,36,37)/b30-11-/t16-,18+/m1/s1. The van der Waals surface area contributed by atoms with Crippen molar-refractivity contribution >= 4 is 23.9 Å². The summed E-state index contributed by atoms with van der Waals surface area (Å²) >= 11 is 0. The van der Waals surface area contributed by atoms with Crippen LogP contribution in [0.25, 0.3) is 0 Å². The number of aromatic carboxylic acids is 1. The molecule has 0 saturated heterocycles. The molecule has 0 aliphatic carbocycles. The fourth-order valence-corrected chi connectivity index (χ4v) is 3.75. The Labute approximate surface area is 204 Å². The molecule has 0 spiro atoms. The lowest BCUT2D eigenvalue weighted by Gasteiger charge is -2.37. The van der Waals surface area contributed by atoms with Crippen LogP contribution in [0.5, 0.6) is 0 Å². The summed E-state index contributed by atoms with van der Waals surface area (Å²) in [4.78, 5) is 23.4. The number of alkyl halides is 5. The molecular weight excluding hydrogens is 508 g/mol. The molecule has 1 amide bonds. The maximum absolute atomic E-state index is 14.5. The van der Waals surface area contributed by atoms with Crippen LogP contribution in [-0.2, 0) is 0 Å². The van der Waals surface area contributed by atoms with Crippen molar-refractivity contribution in [3.8, 4) is 0 Å². The summed E-state index contributed by atoms with van der Waals surface area (Å²) in [5, 5.41) is 19.0. The Morgan fingerprint density at radius 3 is 2.32 bits per heavy atom. The van der Waals surface area contributed by atoms with Crippen LogP contribution < -0.4 is 10.7 Å². The highest BCUT2D eigenvalue weighted by Gasteiger charge is 2.64. The number of halogens is 6. The van der Waals surface area contributed by atoms with Crippen LogP contribution in [-0.4, -0.2) is 45.1 Å². The zero-order valence-corrected chi connectivity index (χ0v) is 18.5. The Bertz CT molecular complexity index is 1340. The summed E-state index contributed by atoms with van der Waals surface area (Å²) < 4.78 is 82.5. The Balaban J connectivity index is 1.59. The van der Waals surface area contributed by atoms with Crippen LogP contribution in [0.2, 0.25) is 0 Å². The summed E-state index contributed by atoms with van der Waals surface area (Å²) in [5.41, 5.74) is 2.32. The normalized spacial score (nSPS) is 17.8. The number of nitrogens with one attached hydrogen (secondary N) is 2. The Morgan fingerprint density at radius 2 is 1.73 bits per heavy atom. The fourth-order valence-electron chi connectivity index (χ4n) is 3.75. The highest BCUT2D eigenvalue weighted by Crippen LogP contribution is 2.50. The first-order valence-corrected chi connectivity index (χ1v) is 10.6. The molecule has 8 nitrogen and oxygen atoms in total. The number of hydrazone groups is 1. The quantitative estimate of drug-likeness (QED) is 0.244. The van der Waals surface area contributed by atoms with Crippen LogP contribution >= 0.6 is 0 Å². The van der Waals surface area contributed by atoms with E-state index in [2.05, 4.69) is 20.9 Å². The van der Waals surface area contributed by atoms with Gasteiger partial charge in [-0.1, -0.05) is 24.3 Å². The van der Waals surface area contributed by atoms with Crippen molar-refractivity contribution in [3.05, 3.63) is 82.8 Å². The second kappa shape index (κ2) is 9.59. The third kappa shape index (κ3) is 5.27. The molecule has 0 radical (unpaired) electrons. The lowest BCUT2D eigenvalue weighted by molar-refractivity contribution is -0.301. The lowest BCUT2D eigenvalue weighted by atomic mass is 9.93. The minimum Gasteiger partial charge on any atom is -0.478 e. The van der Waals surface area contributed by atoms with E-state index >= 15 is 0 Å². The molecule has 0 bridgehead atoms. The third-order valence-corrected chi connectivity index (χ3v) is 5.65. The van der Waals surface area contributed by atoms with Crippen LogP contribution in [0.4, 0.5) is 32.2 Å². The van der Waals surface area contributed by atoms with E-state index < -0.39 is 54.0 Å². The summed E-state index contributed by atoms with van der Waals surface area (Å²) in [5.74, 6) is -8.20. The number of carbonyl (C=O) groups is 2. The van der Waals surface area contributed by atoms with Crippen LogP contribution in [0, 0.1) is 5.82 Å². The molecule has 1 aliphatic heterocycles. The Hall–Kier alpha value is -4.36. The molecule has 1 aromatic heterocycles. The van der Waals surface area contributed by atoms with Crippen molar-refractivity contribution in [1.82, 2.24) is 15.2 Å². The van der Waals surface area contributed by atoms with Gasteiger partial charge < -0.3 is 10.4 Å². The van der Waals surface area contributed by atoms with Gasteiger partial charge in [-0.15, -0.1) is 0 Å². The molecule has 2 aromatic carbocycles. The summed E-state index contributed by atoms with van der Waals surface area (Å²) in [6, 6.07) is 7.51. The first-order valence-electron chi connectivity index (χ1n) is 10.6. The van der Waals surface area contributed by atoms with E-state index in [1.807, 2.05) is 0 Å². The van der Waals surface area contributed by atoms with Gasteiger partial charge in [-0.05, 0) is 35.4 Å². The number of fused-ring (bicyclic) bond motifs is 1. The number of nitrogens with zero attached hydrogens (tertiary/aromatic N) is 3. The molecule has 3 N–H and O–H groups in total. The van der Waals surface area contributed by atoms with Gasteiger partial charge in [0, 0.05) is 12.5 Å². The van der Waals surface area contributed by atoms with Gasteiger partial charge in [0.15, 0.2) is 5.69 Å². The van der Waals surface area contributed by atoms with Crippen molar-refractivity contribution in [2.45, 2.75) is 30.6 Å². The maximum Gasteiger partial charge on any atom is 0.455 e. The van der Waals surface area contributed by atoms with Crippen LogP contribution in [0.15, 0.2) is 59.7 Å². The van der Waals surface area contributed by atoms with Gasteiger partial charge in [0.05, 0.1) is 17.8 Å². The molecule has 2 heterocycles. The highest BCUT2D eigenvalue weighted by molar-refractivity contribution is 5.94. The van der Waals surface area contributed by atoms with Gasteiger partial charge in [-0.3, -0.25) is 4.79 Å². The first-order chi connectivity index (χ1) is 17.4. The van der Waals surface area contributed by atoms with Gasteiger partial charge in [-0.25, -0.2) is 19.3 Å². The number of carbonyl (C=O) groups excluding carboxylic acids is 1. The molecule has 0 saturated carbocycles.